The summed E-state index contributed by atoms with van der Waals surface area (Å²) in [6.45, 7) is 4.15. The summed E-state index contributed by atoms with van der Waals surface area (Å²) in [6.07, 6.45) is 4.60. The normalized spacial score (nSPS) is 20.5. The molecule has 2 unspecified atom stereocenters. The minimum atomic E-state index is -0.312. The first-order valence-electron chi connectivity index (χ1n) is 8.84. The smallest absolute Gasteiger partial charge is 0.274 e. The maximum absolute atomic E-state index is 13.3. The Bertz CT molecular complexity index is 942. The summed E-state index contributed by atoms with van der Waals surface area (Å²) in [6, 6.07) is 8.20. The van der Waals surface area contributed by atoms with Crippen molar-refractivity contribution >= 4 is 11.6 Å². The molecule has 1 aromatic carbocycles. The maximum Gasteiger partial charge on any atom is 0.274 e. The van der Waals surface area contributed by atoms with Crippen LogP contribution in [-0.4, -0.2) is 42.7 Å². The standard InChI is InChI=1S/C19H20FN5O/c1-12-4-3-5-13(2)25(12)19(26)17-10-16(14-6-8-15(20)9-7-14)18-22-21-11-24(18)23-17/h6-13H,3-5H2,1-2H3. The van der Waals surface area contributed by atoms with Gasteiger partial charge in [-0.25, -0.2) is 4.39 Å². The number of nitrogens with zero attached hydrogens (tertiary/aromatic N) is 5. The minimum absolute atomic E-state index is 0.0938. The molecule has 2 atom stereocenters. The first-order valence-corrected chi connectivity index (χ1v) is 8.84. The van der Waals surface area contributed by atoms with Gasteiger partial charge in [0.05, 0.1) is 0 Å². The third-order valence-corrected chi connectivity index (χ3v) is 5.07. The first kappa shape index (κ1) is 16.6. The van der Waals surface area contributed by atoms with E-state index in [1.165, 1.54) is 23.0 Å². The Kier molecular flexibility index (Phi) is 4.14. The molecule has 2 aromatic heterocycles. The molecule has 1 aliphatic heterocycles. The van der Waals surface area contributed by atoms with Crippen LogP contribution in [0.5, 0.6) is 0 Å². The number of halogens is 1. The van der Waals surface area contributed by atoms with Gasteiger partial charge in [-0.3, -0.25) is 4.79 Å². The number of likely N-dealkylation sites (tertiary alicyclic amines) is 1. The van der Waals surface area contributed by atoms with Crippen molar-refractivity contribution in [1.29, 1.82) is 0 Å². The van der Waals surface area contributed by atoms with Crippen LogP contribution in [0.1, 0.15) is 43.6 Å². The van der Waals surface area contributed by atoms with Gasteiger partial charge < -0.3 is 4.90 Å². The highest BCUT2D eigenvalue weighted by Crippen LogP contribution is 2.27. The molecule has 0 bridgehead atoms. The third kappa shape index (κ3) is 2.83. The Morgan fingerprint density at radius 3 is 2.54 bits per heavy atom. The first-order chi connectivity index (χ1) is 12.5. The molecule has 3 aromatic rings. The van der Waals surface area contributed by atoms with Crippen LogP contribution in [0.15, 0.2) is 36.7 Å². The van der Waals surface area contributed by atoms with E-state index in [1.54, 1.807) is 18.2 Å². The summed E-state index contributed by atoms with van der Waals surface area (Å²) in [7, 11) is 0. The van der Waals surface area contributed by atoms with Crippen LogP contribution in [0, 0.1) is 5.82 Å². The lowest BCUT2D eigenvalue weighted by Crippen LogP contribution is -2.47. The van der Waals surface area contributed by atoms with Crippen molar-refractivity contribution in [2.45, 2.75) is 45.2 Å². The van der Waals surface area contributed by atoms with Gasteiger partial charge >= 0.3 is 0 Å². The van der Waals surface area contributed by atoms with Gasteiger partial charge in [0.25, 0.3) is 5.91 Å². The lowest BCUT2D eigenvalue weighted by atomic mass is 9.97. The van der Waals surface area contributed by atoms with E-state index in [1.807, 2.05) is 4.90 Å². The molecule has 0 aliphatic carbocycles. The van der Waals surface area contributed by atoms with Crippen LogP contribution >= 0.6 is 0 Å². The molecule has 1 amide bonds. The van der Waals surface area contributed by atoms with E-state index in [-0.39, 0.29) is 23.8 Å². The van der Waals surface area contributed by atoms with Crippen LogP contribution in [0.3, 0.4) is 0 Å². The van der Waals surface area contributed by atoms with Crippen LogP contribution in [-0.2, 0) is 0 Å². The number of fused-ring (bicyclic) bond motifs is 1. The number of aromatic nitrogens is 4. The molecular formula is C19H20FN5O. The van der Waals surface area contributed by atoms with E-state index in [4.69, 9.17) is 0 Å². The number of benzene rings is 1. The second kappa shape index (κ2) is 6.48. The Hall–Kier alpha value is -2.83. The zero-order valence-corrected chi connectivity index (χ0v) is 14.8. The lowest BCUT2D eigenvalue weighted by Gasteiger charge is -2.38. The van der Waals surface area contributed by atoms with Crippen molar-refractivity contribution < 1.29 is 9.18 Å². The lowest BCUT2D eigenvalue weighted by molar-refractivity contribution is 0.0503. The fraction of sp³-hybridized carbons (Fsp3) is 0.368. The number of rotatable bonds is 2. The molecule has 4 rings (SSSR count). The Morgan fingerprint density at radius 2 is 1.85 bits per heavy atom. The second-order valence-electron chi connectivity index (χ2n) is 6.89. The van der Waals surface area contributed by atoms with Crippen LogP contribution in [0.25, 0.3) is 16.8 Å². The molecule has 1 fully saturated rings. The average Bonchev–Trinajstić information content (AvgIpc) is 3.10. The van der Waals surface area contributed by atoms with Crippen LogP contribution < -0.4 is 0 Å². The molecule has 0 saturated carbocycles. The van der Waals surface area contributed by atoms with Crippen molar-refractivity contribution in [1.82, 2.24) is 24.7 Å². The number of hydrogen-bond acceptors (Lipinski definition) is 4. The second-order valence-corrected chi connectivity index (χ2v) is 6.89. The van der Waals surface area contributed by atoms with Crippen molar-refractivity contribution in [2.75, 3.05) is 0 Å². The van der Waals surface area contributed by atoms with Gasteiger partial charge in [-0.15, -0.1) is 10.2 Å². The number of carbonyl (C=O) groups is 1. The maximum atomic E-state index is 13.3. The van der Waals surface area contributed by atoms with Crippen molar-refractivity contribution in [3.8, 4) is 11.1 Å². The van der Waals surface area contributed by atoms with E-state index < -0.39 is 0 Å². The van der Waals surface area contributed by atoms with E-state index in [0.717, 1.165) is 24.8 Å². The van der Waals surface area contributed by atoms with Crippen LogP contribution in [0.2, 0.25) is 0 Å². The largest absolute Gasteiger partial charge is 0.332 e. The molecule has 1 saturated heterocycles. The van der Waals surface area contributed by atoms with Gasteiger partial charge in [0.2, 0.25) is 0 Å². The van der Waals surface area contributed by atoms with Crippen molar-refractivity contribution in [3.05, 3.63) is 48.2 Å². The summed E-state index contributed by atoms with van der Waals surface area (Å²) in [5.41, 5.74) is 2.35. The summed E-state index contributed by atoms with van der Waals surface area (Å²) >= 11 is 0. The molecule has 0 N–H and O–H groups in total. The monoisotopic (exact) mass is 353 g/mol. The summed E-state index contributed by atoms with van der Waals surface area (Å²) in [4.78, 5) is 15.1. The number of amides is 1. The summed E-state index contributed by atoms with van der Waals surface area (Å²) < 4.78 is 14.8. The zero-order chi connectivity index (χ0) is 18.3. The average molecular weight is 353 g/mol. The molecule has 1 aliphatic rings. The highest BCUT2D eigenvalue weighted by Gasteiger charge is 2.31. The molecular weight excluding hydrogens is 333 g/mol. The molecule has 7 heteroatoms. The van der Waals surface area contributed by atoms with Gasteiger partial charge in [-0.2, -0.15) is 9.61 Å². The molecule has 3 heterocycles. The Labute approximate surface area is 150 Å². The number of hydrogen-bond donors (Lipinski definition) is 0. The van der Waals surface area contributed by atoms with Gasteiger partial charge in [-0.1, -0.05) is 12.1 Å². The van der Waals surface area contributed by atoms with Crippen molar-refractivity contribution in [2.24, 2.45) is 0 Å². The highest BCUT2D eigenvalue weighted by molar-refractivity contribution is 5.95. The SMILES string of the molecule is CC1CCCC(C)N1C(=O)c1cc(-c2ccc(F)cc2)c2nncn2n1. The topological polar surface area (TPSA) is 63.4 Å². The zero-order valence-electron chi connectivity index (χ0n) is 14.8. The Balaban J connectivity index is 1.81. The van der Waals surface area contributed by atoms with E-state index in [2.05, 4.69) is 29.1 Å². The molecule has 26 heavy (non-hydrogen) atoms. The summed E-state index contributed by atoms with van der Waals surface area (Å²) in [5.74, 6) is -0.406. The third-order valence-electron chi connectivity index (χ3n) is 5.07. The quantitative estimate of drug-likeness (QED) is 0.709. The van der Waals surface area contributed by atoms with E-state index in [9.17, 15) is 9.18 Å². The number of piperidine rings is 1. The van der Waals surface area contributed by atoms with Gasteiger partial charge in [-0.05, 0) is 56.9 Å². The predicted molar refractivity (Wildman–Crippen MR) is 95.1 cm³/mol. The fourth-order valence-electron chi connectivity index (χ4n) is 3.73. The highest BCUT2D eigenvalue weighted by atomic mass is 19.1. The van der Waals surface area contributed by atoms with E-state index >= 15 is 0 Å². The molecule has 134 valence electrons. The van der Waals surface area contributed by atoms with Gasteiger partial charge in [0.1, 0.15) is 17.8 Å². The molecule has 0 radical (unpaired) electrons. The predicted octanol–water partition coefficient (Wildman–Crippen LogP) is 3.33. The van der Waals surface area contributed by atoms with Crippen molar-refractivity contribution in [3.63, 3.8) is 0 Å². The van der Waals surface area contributed by atoms with E-state index in [0.29, 0.717) is 16.9 Å². The Morgan fingerprint density at radius 1 is 1.15 bits per heavy atom. The van der Waals surface area contributed by atoms with Crippen LogP contribution in [0.4, 0.5) is 4.39 Å². The summed E-state index contributed by atoms with van der Waals surface area (Å²) in [5, 5.41) is 12.4. The van der Waals surface area contributed by atoms with Gasteiger partial charge in [0, 0.05) is 17.6 Å². The van der Waals surface area contributed by atoms with Gasteiger partial charge in [0.15, 0.2) is 5.65 Å². The minimum Gasteiger partial charge on any atom is -0.332 e. The molecule has 6 nitrogen and oxygen atoms in total. The number of carbonyl (C=O) groups excluding carboxylic acids is 1. The fourth-order valence-corrected chi connectivity index (χ4v) is 3.73. The molecule has 0 spiro atoms.